The van der Waals surface area contributed by atoms with E-state index in [-0.39, 0.29) is 14.9 Å². The first-order valence-corrected chi connectivity index (χ1v) is 5.51. The highest BCUT2D eigenvalue weighted by Gasteiger charge is 2.34. The maximum atomic E-state index is 12.1. The summed E-state index contributed by atoms with van der Waals surface area (Å²) < 4.78 is 45.1. The number of halogens is 4. The van der Waals surface area contributed by atoms with Crippen LogP contribution in [0.4, 0.5) is 13.2 Å². The smallest absolute Gasteiger partial charge is 0.494 e. The van der Waals surface area contributed by atoms with Crippen molar-refractivity contribution in [1.82, 2.24) is 4.98 Å². The van der Waals surface area contributed by atoms with E-state index in [1.807, 2.05) is 0 Å². The standard InChI is InChI=1S/C9H7F3INO4/c1-17-5-3-14-8(18-9(10,11)12)4(7(5)13)2-6(15)16/h3H,2H2,1H3,(H,15,16). The summed E-state index contributed by atoms with van der Waals surface area (Å²) in [7, 11) is 1.30. The van der Waals surface area contributed by atoms with Gasteiger partial charge in [0.2, 0.25) is 5.88 Å². The SMILES string of the molecule is COc1cnc(OC(F)(F)F)c(CC(=O)O)c1I. The molecule has 0 aliphatic heterocycles. The summed E-state index contributed by atoms with van der Waals surface area (Å²) in [6, 6.07) is 0. The van der Waals surface area contributed by atoms with Gasteiger partial charge in [-0.15, -0.1) is 13.2 Å². The molecular weight excluding hydrogens is 370 g/mol. The fourth-order valence-corrected chi connectivity index (χ4v) is 1.92. The van der Waals surface area contributed by atoms with Gasteiger partial charge in [0, 0.05) is 5.56 Å². The average Bonchev–Trinajstić information content (AvgIpc) is 2.21. The third kappa shape index (κ3) is 3.89. The van der Waals surface area contributed by atoms with Crippen LogP contribution in [0.3, 0.4) is 0 Å². The summed E-state index contributed by atoms with van der Waals surface area (Å²) in [6.07, 6.45) is -4.54. The van der Waals surface area contributed by atoms with Crippen LogP contribution in [0.15, 0.2) is 6.20 Å². The van der Waals surface area contributed by atoms with Crippen LogP contribution in [-0.4, -0.2) is 29.5 Å². The van der Waals surface area contributed by atoms with Crippen molar-refractivity contribution in [2.45, 2.75) is 12.8 Å². The van der Waals surface area contributed by atoms with Crippen LogP contribution in [0, 0.1) is 3.57 Å². The van der Waals surface area contributed by atoms with E-state index in [2.05, 4.69) is 9.72 Å². The minimum Gasteiger partial charge on any atom is -0.494 e. The van der Waals surface area contributed by atoms with Gasteiger partial charge in [0.1, 0.15) is 0 Å². The van der Waals surface area contributed by atoms with Crippen molar-refractivity contribution in [3.8, 4) is 11.6 Å². The third-order valence-electron chi connectivity index (χ3n) is 1.80. The van der Waals surface area contributed by atoms with Crippen LogP contribution in [0.25, 0.3) is 0 Å². The molecule has 1 aromatic rings. The van der Waals surface area contributed by atoms with Gasteiger partial charge < -0.3 is 14.6 Å². The Morgan fingerprint density at radius 3 is 2.61 bits per heavy atom. The second kappa shape index (κ2) is 5.59. The van der Waals surface area contributed by atoms with Crippen LogP contribution in [-0.2, 0) is 11.2 Å². The van der Waals surface area contributed by atoms with E-state index in [4.69, 9.17) is 9.84 Å². The summed E-state index contributed by atoms with van der Waals surface area (Å²) in [6.45, 7) is 0. The monoisotopic (exact) mass is 377 g/mol. The number of carboxylic acid groups (broad SMARTS) is 1. The number of nitrogens with zero attached hydrogens (tertiary/aromatic N) is 1. The van der Waals surface area contributed by atoms with Crippen LogP contribution < -0.4 is 9.47 Å². The first-order valence-electron chi connectivity index (χ1n) is 4.43. The van der Waals surface area contributed by atoms with Crippen LogP contribution in [0.1, 0.15) is 5.56 Å². The number of carbonyl (C=O) groups is 1. The summed E-state index contributed by atoms with van der Waals surface area (Å²) >= 11 is 1.68. The predicted octanol–water partition coefficient (Wildman–Crippen LogP) is 2.22. The molecule has 1 rings (SSSR count). The Balaban J connectivity index is 3.24. The van der Waals surface area contributed by atoms with Crippen molar-refractivity contribution in [1.29, 1.82) is 0 Å². The summed E-state index contributed by atoms with van der Waals surface area (Å²) in [4.78, 5) is 14.0. The number of methoxy groups -OCH3 is 1. The van der Waals surface area contributed by atoms with Gasteiger partial charge in [-0.25, -0.2) is 4.98 Å². The van der Waals surface area contributed by atoms with E-state index in [0.29, 0.717) is 0 Å². The number of pyridine rings is 1. The molecule has 0 saturated carbocycles. The molecule has 0 aliphatic rings. The normalized spacial score (nSPS) is 11.2. The lowest BCUT2D eigenvalue weighted by Crippen LogP contribution is -2.20. The van der Waals surface area contributed by atoms with Gasteiger partial charge in [-0.2, -0.15) is 0 Å². The number of hydrogen-bond acceptors (Lipinski definition) is 4. The van der Waals surface area contributed by atoms with Gasteiger partial charge >= 0.3 is 12.3 Å². The molecule has 18 heavy (non-hydrogen) atoms. The highest BCUT2D eigenvalue weighted by atomic mass is 127. The molecule has 0 atom stereocenters. The van der Waals surface area contributed by atoms with Crippen molar-refractivity contribution in [3.05, 3.63) is 15.3 Å². The number of hydrogen-bond donors (Lipinski definition) is 1. The summed E-state index contributed by atoms with van der Waals surface area (Å²) in [5, 5.41) is 8.67. The second-order valence-electron chi connectivity index (χ2n) is 3.04. The summed E-state index contributed by atoms with van der Waals surface area (Å²) in [5.41, 5.74) is -0.181. The van der Waals surface area contributed by atoms with Gasteiger partial charge in [0.05, 0.1) is 23.3 Å². The maximum Gasteiger partial charge on any atom is 0.574 e. The Hall–Kier alpha value is -1.26. The first kappa shape index (κ1) is 14.8. The zero-order valence-corrected chi connectivity index (χ0v) is 11.1. The fraction of sp³-hybridized carbons (Fsp3) is 0.333. The van der Waals surface area contributed by atoms with E-state index >= 15 is 0 Å². The number of ether oxygens (including phenoxy) is 2. The van der Waals surface area contributed by atoms with Crippen LogP contribution in [0.2, 0.25) is 0 Å². The van der Waals surface area contributed by atoms with E-state index < -0.39 is 24.6 Å². The van der Waals surface area contributed by atoms with Crippen molar-refractivity contribution >= 4 is 28.6 Å². The molecule has 9 heteroatoms. The summed E-state index contributed by atoms with van der Waals surface area (Å²) in [5.74, 6) is -1.90. The molecular formula is C9H7F3INO4. The van der Waals surface area contributed by atoms with Gasteiger partial charge in [0.25, 0.3) is 0 Å². The molecule has 100 valence electrons. The fourth-order valence-electron chi connectivity index (χ4n) is 1.14. The zero-order chi connectivity index (χ0) is 13.9. The second-order valence-corrected chi connectivity index (χ2v) is 4.12. The predicted molar refractivity (Wildman–Crippen MR) is 61.5 cm³/mol. The maximum absolute atomic E-state index is 12.1. The third-order valence-corrected chi connectivity index (χ3v) is 2.98. The molecule has 5 nitrogen and oxygen atoms in total. The number of alkyl halides is 3. The first-order chi connectivity index (χ1) is 8.24. The quantitative estimate of drug-likeness (QED) is 0.816. The Morgan fingerprint density at radius 2 is 2.17 bits per heavy atom. The molecule has 1 heterocycles. The Bertz CT molecular complexity index is 464. The molecule has 0 saturated heterocycles. The lowest BCUT2D eigenvalue weighted by molar-refractivity contribution is -0.276. The molecule has 0 aromatic carbocycles. The molecule has 0 spiro atoms. The molecule has 0 radical (unpaired) electrons. The Kier molecular flexibility index (Phi) is 4.59. The van der Waals surface area contributed by atoms with Gasteiger partial charge in [-0.1, -0.05) is 0 Å². The van der Waals surface area contributed by atoms with Crippen LogP contribution >= 0.6 is 22.6 Å². The van der Waals surface area contributed by atoms with E-state index in [1.165, 1.54) is 7.11 Å². The molecule has 1 aromatic heterocycles. The van der Waals surface area contributed by atoms with Crippen molar-refractivity contribution in [2.75, 3.05) is 7.11 Å². The zero-order valence-electron chi connectivity index (χ0n) is 8.92. The number of aromatic nitrogens is 1. The lowest BCUT2D eigenvalue weighted by atomic mass is 10.2. The highest BCUT2D eigenvalue weighted by Crippen LogP contribution is 2.32. The average molecular weight is 377 g/mol. The van der Waals surface area contributed by atoms with Crippen molar-refractivity contribution in [3.63, 3.8) is 0 Å². The minimum atomic E-state index is -4.93. The van der Waals surface area contributed by atoms with Gasteiger partial charge in [-0.05, 0) is 22.6 Å². The molecule has 0 unspecified atom stereocenters. The van der Waals surface area contributed by atoms with Gasteiger partial charge in [-0.3, -0.25) is 4.79 Å². The molecule has 1 N–H and O–H groups in total. The Morgan fingerprint density at radius 1 is 1.56 bits per heavy atom. The lowest BCUT2D eigenvalue weighted by Gasteiger charge is -2.14. The molecule has 0 fully saturated rings. The van der Waals surface area contributed by atoms with E-state index in [9.17, 15) is 18.0 Å². The molecule has 0 bridgehead atoms. The number of rotatable bonds is 4. The van der Waals surface area contributed by atoms with Gasteiger partial charge in [0.15, 0.2) is 5.75 Å². The van der Waals surface area contributed by atoms with E-state index in [1.54, 1.807) is 22.6 Å². The largest absolute Gasteiger partial charge is 0.574 e. The van der Waals surface area contributed by atoms with E-state index in [0.717, 1.165) is 6.20 Å². The number of aliphatic carboxylic acids is 1. The highest BCUT2D eigenvalue weighted by molar-refractivity contribution is 14.1. The molecule has 0 amide bonds. The minimum absolute atomic E-state index is 0.181. The molecule has 0 aliphatic carbocycles. The number of carboxylic acids is 1. The topological polar surface area (TPSA) is 68.7 Å². The Labute approximate surface area is 113 Å². The van der Waals surface area contributed by atoms with Crippen LogP contribution in [0.5, 0.6) is 11.6 Å². The van der Waals surface area contributed by atoms with Crippen molar-refractivity contribution < 1.29 is 32.5 Å². The van der Waals surface area contributed by atoms with Crippen molar-refractivity contribution in [2.24, 2.45) is 0 Å².